The molecule has 1 aliphatic heterocycles. The van der Waals surface area contributed by atoms with Crippen LogP contribution >= 0.6 is 0 Å². The summed E-state index contributed by atoms with van der Waals surface area (Å²) in [7, 11) is 0. The minimum absolute atomic E-state index is 0.0496. The van der Waals surface area contributed by atoms with Gasteiger partial charge in [0.1, 0.15) is 11.3 Å². The van der Waals surface area contributed by atoms with E-state index in [-0.39, 0.29) is 17.4 Å². The Bertz CT molecular complexity index is 717. The van der Waals surface area contributed by atoms with Crippen molar-refractivity contribution in [2.75, 3.05) is 19.7 Å². The lowest BCUT2D eigenvalue weighted by Crippen LogP contribution is -2.42. The van der Waals surface area contributed by atoms with Gasteiger partial charge in [-0.2, -0.15) is 0 Å². The first-order chi connectivity index (χ1) is 12.1. The van der Waals surface area contributed by atoms with Crippen molar-refractivity contribution in [1.29, 1.82) is 0 Å². The van der Waals surface area contributed by atoms with Gasteiger partial charge in [-0.25, -0.2) is 4.79 Å². The van der Waals surface area contributed by atoms with E-state index in [1.165, 1.54) is 11.6 Å². The van der Waals surface area contributed by atoms with Gasteiger partial charge in [-0.3, -0.25) is 4.90 Å². The molecule has 132 valence electrons. The third kappa shape index (κ3) is 4.81. The van der Waals surface area contributed by atoms with Crippen LogP contribution in [0.2, 0.25) is 0 Å². The van der Waals surface area contributed by atoms with Gasteiger partial charge in [0.05, 0.1) is 12.7 Å². The molecule has 1 atom stereocenters. The van der Waals surface area contributed by atoms with Crippen molar-refractivity contribution in [1.82, 2.24) is 4.90 Å². The van der Waals surface area contributed by atoms with Crippen LogP contribution in [0.5, 0.6) is 5.75 Å². The first-order valence-electron chi connectivity index (χ1n) is 8.55. The van der Waals surface area contributed by atoms with Gasteiger partial charge in [0.25, 0.3) is 0 Å². The number of carboxylic acids is 1. The minimum atomic E-state index is -1.11. The van der Waals surface area contributed by atoms with Crippen molar-refractivity contribution in [2.24, 2.45) is 0 Å². The molecule has 3 rings (SSSR count). The van der Waals surface area contributed by atoms with Gasteiger partial charge in [-0.05, 0) is 36.1 Å². The van der Waals surface area contributed by atoms with E-state index in [0.717, 1.165) is 31.5 Å². The number of morpholine rings is 1. The van der Waals surface area contributed by atoms with Crippen LogP contribution in [0.25, 0.3) is 0 Å². The molecule has 0 aromatic heterocycles. The first kappa shape index (κ1) is 17.5. The number of benzene rings is 2. The molecule has 1 aliphatic rings. The third-order valence-corrected chi connectivity index (χ3v) is 4.52. The van der Waals surface area contributed by atoms with Crippen LogP contribution in [0.4, 0.5) is 0 Å². The Morgan fingerprint density at radius 1 is 1.16 bits per heavy atom. The van der Waals surface area contributed by atoms with E-state index in [2.05, 4.69) is 17.0 Å². The predicted octanol–water partition coefficient (Wildman–Crippen LogP) is 2.92. The van der Waals surface area contributed by atoms with Crippen LogP contribution in [0.1, 0.15) is 27.9 Å². The highest BCUT2D eigenvalue weighted by molar-refractivity contribution is 5.90. The zero-order chi connectivity index (χ0) is 17.6. The van der Waals surface area contributed by atoms with Crippen molar-refractivity contribution >= 4 is 5.97 Å². The first-order valence-corrected chi connectivity index (χ1v) is 8.55. The third-order valence-electron chi connectivity index (χ3n) is 4.52. The Hall–Kier alpha value is -2.37. The zero-order valence-electron chi connectivity index (χ0n) is 14.1. The van der Waals surface area contributed by atoms with Crippen molar-refractivity contribution in [2.45, 2.75) is 25.5 Å². The Kier molecular flexibility index (Phi) is 5.68. The maximum absolute atomic E-state index is 11.1. The molecule has 1 unspecified atom stereocenters. The van der Waals surface area contributed by atoms with Crippen LogP contribution < -0.4 is 0 Å². The summed E-state index contributed by atoms with van der Waals surface area (Å²) < 4.78 is 5.87. The second kappa shape index (κ2) is 8.14. The molecule has 0 radical (unpaired) electrons. The molecule has 2 aromatic carbocycles. The highest BCUT2D eigenvalue weighted by Crippen LogP contribution is 2.21. The van der Waals surface area contributed by atoms with Gasteiger partial charge in [-0.15, -0.1) is 0 Å². The molecule has 0 amide bonds. The number of aromatic hydroxyl groups is 1. The topological polar surface area (TPSA) is 70.0 Å². The maximum atomic E-state index is 11.1. The maximum Gasteiger partial charge on any atom is 0.339 e. The smallest absolute Gasteiger partial charge is 0.339 e. The molecule has 2 aromatic rings. The van der Waals surface area contributed by atoms with Gasteiger partial charge in [0.15, 0.2) is 0 Å². The van der Waals surface area contributed by atoms with Gasteiger partial charge in [0.2, 0.25) is 0 Å². The summed E-state index contributed by atoms with van der Waals surface area (Å²) >= 11 is 0. The SMILES string of the molecule is O=C(O)c1cc(CN2CCOC(CCc3ccccc3)C2)ccc1O. The molecule has 5 nitrogen and oxygen atoms in total. The van der Waals surface area contributed by atoms with Gasteiger partial charge >= 0.3 is 5.97 Å². The molecule has 2 N–H and O–H groups in total. The second-order valence-corrected chi connectivity index (χ2v) is 6.41. The summed E-state index contributed by atoms with van der Waals surface area (Å²) in [4.78, 5) is 13.4. The van der Waals surface area contributed by atoms with Gasteiger partial charge < -0.3 is 14.9 Å². The second-order valence-electron chi connectivity index (χ2n) is 6.41. The standard InChI is InChI=1S/C20H23NO4/c22-19-9-7-16(12-18(19)20(23)24)13-21-10-11-25-17(14-21)8-6-15-4-2-1-3-5-15/h1-5,7,9,12,17,22H,6,8,10-11,13-14H2,(H,23,24). The van der Waals surface area contributed by atoms with E-state index in [1.54, 1.807) is 12.1 Å². The molecule has 25 heavy (non-hydrogen) atoms. The summed E-state index contributed by atoms with van der Waals surface area (Å²) in [6, 6.07) is 15.1. The van der Waals surface area contributed by atoms with Crippen LogP contribution in [0, 0.1) is 0 Å². The Morgan fingerprint density at radius 3 is 2.72 bits per heavy atom. The normalized spacial score (nSPS) is 18.2. The van der Waals surface area contributed by atoms with E-state index in [1.807, 2.05) is 18.2 Å². The van der Waals surface area contributed by atoms with Crippen LogP contribution in [-0.4, -0.2) is 46.9 Å². The summed E-state index contributed by atoms with van der Waals surface area (Å²) in [5.41, 5.74) is 2.15. The quantitative estimate of drug-likeness (QED) is 0.845. The number of hydrogen-bond donors (Lipinski definition) is 2. The molecule has 1 fully saturated rings. The average Bonchev–Trinajstić information content (AvgIpc) is 2.63. The number of hydrogen-bond acceptors (Lipinski definition) is 4. The Morgan fingerprint density at radius 2 is 1.96 bits per heavy atom. The van der Waals surface area contributed by atoms with Crippen molar-refractivity contribution in [3.63, 3.8) is 0 Å². The number of carbonyl (C=O) groups is 1. The van der Waals surface area contributed by atoms with Crippen LogP contribution in [0.15, 0.2) is 48.5 Å². The van der Waals surface area contributed by atoms with Crippen molar-refractivity contribution in [3.05, 3.63) is 65.2 Å². The molecule has 0 aliphatic carbocycles. The lowest BCUT2D eigenvalue weighted by atomic mass is 10.0. The molecule has 0 saturated carbocycles. The number of nitrogens with zero attached hydrogens (tertiary/aromatic N) is 1. The van der Waals surface area contributed by atoms with E-state index in [0.29, 0.717) is 13.2 Å². The summed E-state index contributed by atoms with van der Waals surface area (Å²) in [6.07, 6.45) is 2.14. The largest absolute Gasteiger partial charge is 0.507 e. The highest BCUT2D eigenvalue weighted by Gasteiger charge is 2.21. The number of ether oxygens (including phenoxy) is 1. The molecule has 5 heteroatoms. The predicted molar refractivity (Wildman–Crippen MR) is 94.8 cm³/mol. The monoisotopic (exact) mass is 341 g/mol. The molecular weight excluding hydrogens is 318 g/mol. The molecule has 0 spiro atoms. The number of phenols is 1. The Balaban J connectivity index is 1.56. The molecule has 0 bridgehead atoms. The average molecular weight is 341 g/mol. The van der Waals surface area contributed by atoms with E-state index in [9.17, 15) is 9.90 Å². The number of rotatable bonds is 6. The van der Waals surface area contributed by atoms with E-state index in [4.69, 9.17) is 9.84 Å². The lowest BCUT2D eigenvalue weighted by molar-refractivity contribution is -0.0345. The number of aryl methyl sites for hydroxylation is 1. The fraction of sp³-hybridized carbons (Fsp3) is 0.350. The molecule has 1 heterocycles. The van der Waals surface area contributed by atoms with Gasteiger partial charge in [0, 0.05) is 19.6 Å². The van der Waals surface area contributed by atoms with E-state index >= 15 is 0 Å². The fourth-order valence-electron chi connectivity index (χ4n) is 3.18. The molecule has 1 saturated heterocycles. The van der Waals surface area contributed by atoms with E-state index < -0.39 is 5.97 Å². The van der Waals surface area contributed by atoms with Crippen molar-refractivity contribution in [3.8, 4) is 5.75 Å². The molecular formula is C20H23NO4. The van der Waals surface area contributed by atoms with Crippen LogP contribution in [0.3, 0.4) is 0 Å². The summed E-state index contributed by atoms with van der Waals surface area (Å²) in [5.74, 6) is -1.30. The van der Waals surface area contributed by atoms with Crippen molar-refractivity contribution < 1.29 is 19.7 Å². The highest BCUT2D eigenvalue weighted by atomic mass is 16.5. The fourth-order valence-corrected chi connectivity index (χ4v) is 3.18. The van der Waals surface area contributed by atoms with Gasteiger partial charge in [-0.1, -0.05) is 36.4 Å². The lowest BCUT2D eigenvalue weighted by Gasteiger charge is -2.33. The summed E-state index contributed by atoms with van der Waals surface area (Å²) in [6.45, 7) is 3.00. The number of aromatic carboxylic acids is 1. The van der Waals surface area contributed by atoms with Crippen LogP contribution in [-0.2, 0) is 17.7 Å². The summed E-state index contributed by atoms with van der Waals surface area (Å²) in [5, 5.41) is 18.7. The Labute approximate surface area is 147 Å². The minimum Gasteiger partial charge on any atom is -0.507 e. The number of carboxylic acid groups (broad SMARTS) is 1. The zero-order valence-corrected chi connectivity index (χ0v) is 14.1.